The number of hydrogen-bond donors (Lipinski definition) is 0. The van der Waals surface area contributed by atoms with Crippen molar-refractivity contribution in [3.05, 3.63) is 24.0 Å². The molecule has 0 unspecified atom stereocenters. The average Bonchev–Trinajstić information content (AvgIpc) is 2.54. The molecule has 0 aliphatic heterocycles. The lowest BCUT2D eigenvalue weighted by atomic mass is 10.3. The Morgan fingerprint density at radius 2 is 2.29 bits per heavy atom. The van der Waals surface area contributed by atoms with Crippen LogP contribution in [0.25, 0.3) is 0 Å². The molecule has 0 spiro atoms. The van der Waals surface area contributed by atoms with Gasteiger partial charge < -0.3 is 9.30 Å². The molecule has 0 amide bonds. The van der Waals surface area contributed by atoms with E-state index in [0.717, 1.165) is 18.7 Å². The topological polar surface area (TPSA) is 31.2 Å². The van der Waals surface area contributed by atoms with Crippen molar-refractivity contribution in [1.82, 2.24) is 4.57 Å². The molecule has 0 aliphatic carbocycles. The molecular weight excluding hydrogens is 178 g/mol. The highest BCUT2D eigenvalue weighted by Gasteiger charge is 2.07. The standard InChI is InChI=1S/C11H17NO2/c1-3-7-12-8-5-6-10(12)9-11(13)14-4-2/h5-6,8H,3-4,7,9H2,1-2H3. The Balaban J connectivity index is 2.56. The molecule has 0 aromatic carbocycles. The molecule has 0 atom stereocenters. The summed E-state index contributed by atoms with van der Waals surface area (Å²) in [6.07, 6.45) is 3.45. The summed E-state index contributed by atoms with van der Waals surface area (Å²) in [5.74, 6) is -0.149. The van der Waals surface area contributed by atoms with Gasteiger partial charge in [-0.2, -0.15) is 0 Å². The average molecular weight is 195 g/mol. The normalized spacial score (nSPS) is 10.1. The van der Waals surface area contributed by atoms with Crippen LogP contribution in [0.15, 0.2) is 18.3 Å². The first kappa shape index (κ1) is 10.8. The molecule has 0 aliphatic rings. The van der Waals surface area contributed by atoms with Gasteiger partial charge in [-0.15, -0.1) is 0 Å². The molecule has 1 aromatic rings. The number of ether oxygens (including phenoxy) is 1. The summed E-state index contributed by atoms with van der Waals surface area (Å²) in [5, 5.41) is 0. The Bertz CT molecular complexity index is 291. The second-order valence-electron chi connectivity index (χ2n) is 3.17. The van der Waals surface area contributed by atoms with E-state index in [2.05, 4.69) is 11.5 Å². The van der Waals surface area contributed by atoms with Gasteiger partial charge >= 0.3 is 5.97 Å². The quantitative estimate of drug-likeness (QED) is 0.673. The predicted octanol–water partition coefficient (Wildman–Crippen LogP) is 2.00. The molecule has 0 bridgehead atoms. The van der Waals surface area contributed by atoms with Crippen molar-refractivity contribution in [2.75, 3.05) is 6.61 Å². The molecule has 0 radical (unpaired) electrons. The Kier molecular flexibility index (Phi) is 4.23. The lowest BCUT2D eigenvalue weighted by Gasteiger charge is -2.06. The minimum Gasteiger partial charge on any atom is -0.466 e. The van der Waals surface area contributed by atoms with Crippen molar-refractivity contribution in [2.45, 2.75) is 33.2 Å². The summed E-state index contributed by atoms with van der Waals surface area (Å²) in [5.41, 5.74) is 1.03. The van der Waals surface area contributed by atoms with E-state index in [9.17, 15) is 4.79 Å². The van der Waals surface area contributed by atoms with Gasteiger partial charge in [0.15, 0.2) is 0 Å². The maximum absolute atomic E-state index is 11.2. The molecule has 1 heterocycles. The third-order valence-corrected chi connectivity index (χ3v) is 2.02. The van der Waals surface area contributed by atoms with Crippen molar-refractivity contribution < 1.29 is 9.53 Å². The summed E-state index contributed by atoms with van der Waals surface area (Å²) < 4.78 is 6.99. The fourth-order valence-corrected chi connectivity index (χ4v) is 1.43. The Labute approximate surface area is 84.7 Å². The SMILES string of the molecule is CCCn1cccc1CC(=O)OCC. The fourth-order valence-electron chi connectivity index (χ4n) is 1.43. The zero-order valence-corrected chi connectivity index (χ0v) is 8.82. The summed E-state index contributed by atoms with van der Waals surface area (Å²) in [6.45, 7) is 5.35. The Morgan fingerprint density at radius 3 is 2.93 bits per heavy atom. The Morgan fingerprint density at radius 1 is 1.50 bits per heavy atom. The van der Waals surface area contributed by atoms with Crippen LogP contribution in [0.1, 0.15) is 26.0 Å². The molecule has 0 N–H and O–H groups in total. The lowest BCUT2D eigenvalue weighted by molar-refractivity contribution is -0.142. The highest BCUT2D eigenvalue weighted by atomic mass is 16.5. The van der Waals surface area contributed by atoms with Crippen molar-refractivity contribution in [2.24, 2.45) is 0 Å². The van der Waals surface area contributed by atoms with Crippen LogP contribution in [-0.4, -0.2) is 17.1 Å². The molecular formula is C11H17NO2. The van der Waals surface area contributed by atoms with Crippen molar-refractivity contribution in [1.29, 1.82) is 0 Å². The first-order valence-electron chi connectivity index (χ1n) is 5.07. The molecule has 1 aromatic heterocycles. The van der Waals surface area contributed by atoms with Crippen LogP contribution in [0.2, 0.25) is 0 Å². The molecule has 0 saturated carbocycles. The third kappa shape index (κ3) is 2.91. The predicted molar refractivity (Wildman–Crippen MR) is 55.1 cm³/mol. The van der Waals surface area contributed by atoms with E-state index in [1.165, 1.54) is 0 Å². The molecule has 1 rings (SSSR count). The first-order valence-corrected chi connectivity index (χ1v) is 5.07. The maximum Gasteiger partial charge on any atom is 0.311 e. The number of hydrogen-bond acceptors (Lipinski definition) is 2. The van der Waals surface area contributed by atoms with Gasteiger partial charge in [-0.25, -0.2) is 0 Å². The lowest BCUT2D eigenvalue weighted by Crippen LogP contribution is -2.11. The van der Waals surface area contributed by atoms with Crippen LogP contribution in [-0.2, 0) is 22.5 Å². The Hall–Kier alpha value is -1.25. The van der Waals surface area contributed by atoms with Crippen LogP contribution >= 0.6 is 0 Å². The van der Waals surface area contributed by atoms with Gasteiger partial charge in [-0.1, -0.05) is 6.92 Å². The molecule has 0 saturated heterocycles. The molecule has 0 fully saturated rings. The van der Waals surface area contributed by atoms with Gasteiger partial charge in [0.25, 0.3) is 0 Å². The van der Waals surface area contributed by atoms with E-state index in [1.807, 2.05) is 25.3 Å². The van der Waals surface area contributed by atoms with E-state index < -0.39 is 0 Å². The third-order valence-electron chi connectivity index (χ3n) is 2.02. The smallest absolute Gasteiger partial charge is 0.311 e. The fraction of sp³-hybridized carbons (Fsp3) is 0.545. The molecule has 3 heteroatoms. The van der Waals surface area contributed by atoms with Gasteiger partial charge in [0.2, 0.25) is 0 Å². The minimum atomic E-state index is -0.149. The largest absolute Gasteiger partial charge is 0.466 e. The molecule has 14 heavy (non-hydrogen) atoms. The van der Waals surface area contributed by atoms with E-state index in [4.69, 9.17) is 4.74 Å². The van der Waals surface area contributed by atoms with Crippen LogP contribution < -0.4 is 0 Å². The van der Waals surface area contributed by atoms with Crippen molar-refractivity contribution >= 4 is 5.97 Å². The second-order valence-corrected chi connectivity index (χ2v) is 3.17. The number of aromatic nitrogens is 1. The number of carbonyl (C=O) groups excluding carboxylic acids is 1. The highest BCUT2D eigenvalue weighted by Crippen LogP contribution is 2.05. The summed E-state index contributed by atoms with van der Waals surface area (Å²) in [6, 6.07) is 3.93. The minimum absolute atomic E-state index is 0.149. The summed E-state index contributed by atoms with van der Waals surface area (Å²) >= 11 is 0. The number of carbonyl (C=O) groups is 1. The number of nitrogens with zero attached hydrogens (tertiary/aromatic N) is 1. The van der Waals surface area contributed by atoms with Crippen LogP contribution in [0.4, 0.5) is 0 Å². The molecule has 78 valence electrons. The monoisotopic (exact) mass is 195 g/mol. The highest BCUT2D eigenvalue weighted by molar-refractivity contribution is 5.72. The van der Waals surface area contributed by atoms with Gasteiger partial charge in [0, 0.05) is 18.4 Å². The van der Waals surface area contributed by atoms with E-state index in [0.29, 0.717) is 13.0 Å². The van der Waals surface area contributed by atoms with Gasteiger partial charge in [-0.3, -0.25) is 4.79 Å². The molecule has 3 nitrogen and oxygen atoms in total. The van der Waals surface area contributed by atoms with E-state index in [-0.39, 0.29) is 5.97 Å². The second kappa shape index (κ2) is 5.47. The van der Waals surface area contributed by atoms with Crippen LogP contribution in [0.5, 0.6) is 0 Å². The summed E-state index contributed by atoms with van der Waals surface area (Å²) in [4.78, 5) is 11.2. The number of aryl methyl sites for hydroxylation is 1. The maximum atomic E-state index is 11.2. The number of rotatable bonds is 5. The van der Waals surface area contributed by atoms with Gasteiger partial charge in [0.05, 0.1) is 13.0 Å². The van der Waals surface area contributed by atoms with E-state index in [1.54, 1.807) is 0 Å². The van der Waals surface area contributed by atoms with Crippen molar-refractivity contribution in [3.8, 4) is 0 Å². The van der Waals surface area contributed by atoms with E-state index >= 15 is 0 Å². The number of esters is 1. The van der Waals surface area contributed by atoms with Crippen molar-refractivity contribution in [3.63, 3.8) is 0 Å². The van der Waals surface area contributed by atoms with Crippen LogP contribution in [0.3, 0.4) is 0 Å². The summed E-state index contributed by atoms with van der Waals surface area (Å²) in [7, 11) is 0. The van der Waals surface area contributed by atoms with Gasteiger partial charge in [-0.05, 0) is 25.5 Å². The zero-order valence-electron chi connectivity index (χ0n) is 8.82. The zero-order chi connectivity index (χ0) is 10.4. The van der Waals surface area contributed by atoms with Gasteiger partial charge in [0.1, 0.15) is 0 Å². The first-order chi connectivity index (χ1) is 6.77. The van der Waals surface area contributed by atoms with Crippen LogP contribution in [0, 0.1) is 0 Å².